The zero-order valence-corrected chi connectivity index (χ0v) is 12.8. The molecule has 8 heteroatoms. The standard InChI is InChI=1S/C14H17N3O4S/c18-11(16-9-3-1-8(2-4-9)13(20)21)10-7-15-14-17(12(10)19)5-6-22-14/h7-9H,1-6H2,(H,16,18)(H,20,21). The van der Waals surface area contributed by atoms with Gasteiger partial charge in [-0.3, -0.25) is 19.0 Å². The molecule has 1 saturated carbocycles. The Balaban J connectivity index is 1.66. The van der Waals surface area contributed by atoms with Gasteiger partial charge in [-0.25, -0.2) is 4.98 Å². The van der Waals surface area contributed by atoms with Crippen LogP contribution in [0.2, 0.25) is 0 Å². The first kappa shape index (κ1) is 15.1. The van der Waals surface area contributed by atoms with Crippen LogP contribution < -0.4 is 10.9 Å². The molecule has 1 aromatic rings. The first-order valence-corrected chi connectivity index (χ1v) is 8.31. The monoisotopic (exact) mass is 323 g/mol. The van der Waals surface area contributed by atoms with Gasteiger partial charge in [-0.05, 0) is 25.7 Å². The zero-order chi connectivity index (χ0) is 15.7. The summed E-state index contributed by atoms with van der Waals surface area (Å²) in [5.74, 6) is -0.712. The first-order chi connectivity index (χ1) is 10.6. The molecule has 1 fully saturated rings. The van der Waals surface area contributed by atoms with Crippen molar-refractivity contribution in [3.8, 4) is 0 Å². The molecule has 0 aromatic carbocycles. The Hall–Kier alpha value is -1.83. The van der Waals surface area contributed by atoms with E-state index in [9.17, 15) is 14.4 Å². The van der Waals surface area contributed by atoms with Gasteiger partial charge in [-0.1, -0.05) is 11.8 Å². The van der Waals surface area contributed by atoms with E-state index in [1.165, 1.54) is 22.5 Å². The first-order valence-electron chi connectivity index (χ1n) is 7.32. The number of carboxylic acids is 1. The minimum absolute atomic E-state index is 0.0617. The summed E-state index contributed by atoms with van der Waals surface area (Å²) in [5.41, 5.74) is -0.238. The topological polar surface area (TPSA) is 101 Å². The summed E-state index contributed by atoms with van der Waals surface area (Å²) in [5, 5.41) is 12.5. The van der Waals surface area contributed by atoms with Gasteiger partial charge in [0.15, 0.2) is 5.16 Å². The molecule has 3 rings (SSSR count). The molecule has 2 N–H and O–H groups in total. The third-order valence-corrected chi connectivity index (χ3v) is 5.18. The molecule has 0 bridgehead atoms. The van der Waals surface area contributed by atoms with Gasteiger partial charge in [0.2, 0.25) is 0 Å². The number of hydrogen-bond acceptors (Lipinski definition) is 5. The average Bonchev–Trinajstić information content (AvgIpc) is 2.97. The minimum Gasteiger partial charge on any atom is -0.481 e. The SMILES string of the molecule is O=C(NC1CCC(C(=O)O)CC1)c1cnc2n(c1=O)CCS2. The average molecular weight is 323 g/mol. The van der Waals surface area contributed by atoms with Crippen LogP contribution in [0.1, 0.15) is 36.0 Å². The summed E-state index contributed by atoms with van der Waals surface area (Å²) in [7, 11) is 0. The van der Waals surface area contributed by atoms with Gasteiger partial charge in [0, 0.05) is 24.5 Å². The predicted octanol–water partition coefficient (Wildman–Crippen LogP) is 0.722. The van der Waals surface area contributed by atoms with E-state index in [-0.39, 0.29) is 23.1 Å². The van der Waals surface area contributed by atoms with E-state index in [2.05, 4.69) is 10.3 Å². The molecular formula is C14H17N3O4S. The maximum absolute atomic E-state index is 12.3. The Bertz CT molecular complexity index is 665. The third-order valence-electron chi connectivity index (χ3n) is 4.21. The molecule has 7 nitrogen and oxygen atoms in total. The van der Waals surface area contributed by atoms with Crippen LogP contribution in [0.5, 0.6) is 0 Å². The molecule has 1 amide bonds. The van der Waals surface area contributed by atoms with Gasteiger partial charge in [0.05, 0.1) is 5.92 Å². The lowest BCUT2D eigenvalue weighted by Gasteiger charge is -2.26. The van der Waals surface area contributed by atoms with Crippen molar-refractivity contribution in [3.05, 3.63) is 22.1 Å². The second-order valence-corrected chi connectivity index (χ2v) is 6.68. The molecule has 2 aliphatic rings. The number of fused-ring (bicyclic) bond motifs is 1. The molecule has 1 aromatic heterocycles. The van der Waals surface area contributed by atoms with Crippen LogP contribution in [0.4, 0.5) is 0 Å². The highest BCUT2D eigenvalue weighted by Gasteiger charge is 2.28. The van der Waals surface area contributed by atoms with Gasteiger partial charge in [0.25, 0.3) is 11.5 Å². The molecule has 22 heavy (non-hydrogen) atoms. The lowest BCUT2D eigenvalue weighted by Crippen LogP contribution is -2.41. The fourth-order valence-electron chi connectivity index (χ4n) is 2.92. The highest BCUT2D eigenvalue weighted by molar-refractivity contribution is 7.99. The Morgan fingerprint density at radius 2 is 2.05 bits per heavy atom. The van der Waals surface area contributed by atoms with Crippen molar-refractivity contribution in [3.63, 3.8) is 0 Å². The number of aromatic nitrogens is 2. The lowest BCUT2D eigenvalue weighted by atomic mass is 9.86. The quantitative estimate of drug-likeness (QED) is 0.795. The Morgan fingerprint density at radius 3 is 2.73 bits per heavy atom. The molecule has 118 valence electrons. The second-order valence-electron chi connectivity index (χ2n) is 5.62. The van der Waals surface area contributed by atoms with Crippen LogP contribution in [0.15, 0.2) is 16.1 Å². The molecule has 0 spiro atoms. The fourth-order valence-corrected chi connectivity index (χ4v) is 3.83. The summed E-state index contributed by atoms with van der Waals surface area (Å²) < 4.78 is 1.53. The van der Waals surface area contributed by atoms with Crippen molar-refractivity contribution in [1.82, 2.24) is 14.9 Å². The van der Waals surface area contributed by atoms with E-state index in [1.54, 1.807) is 0 Å². The summed E-state index contributed by atoms with van der Waals surface area (Å²) in [4.78, 5) is 39.6. The summed E-state index contributed by atoms with van der Waals surface area (Å²) in [6, 6.07) is -0.0740. The highest BCUT2D eigenvalue weighted by atomic mass is 32.2. The van der Waals surface area contributed by atoms with Crippen molar-refractivity contribution in [2.75, 3.05) is 5.75 Å². The number of amides is 1. The van der Waals surface area contributed by atoms with E-state index in [4.69, 9.17) is 5.11 Å². The second kappa shape index (κ2) is 6.12. The molecule has 2 heterocycles. The van der Waals surface area contributed by atoms with Crippen LogP contribution in [-0.4, -0.2) is 38.3 Å². The molecule has 0 unspecified atom stereocenters. The van der Waals surface area contributed by atoms with E-state index in [1.807, 2.05) is 0 Å². The van der Waals surface area contributed by atoms with Gasteiger partial charge >= 0.3 is 5.97 Å². The number of thioether (sulfide) groups is 1. The molecule has 1 aliphatic carbocycles. The molecule has 1 aliphatic heterocycles. The molecule has 0 radical (unpaired) electrons. The zero-order valence-electron chi connectivity index (χ0n) is 11.9. The smallest absolute Gasteiger partial charge is 0.306 e. The van der Waals surface area contributed by atoms with Crippen LogP contribution in [0.25, 0.3) is 0 Å². The number of nitrogens with zero attached hydrogens (tertiary/aromatic N) is 2. The predicted molar refractivity (Wildman–Crippen MR) is 80.1 cm³/mol. The number of rotatable bonds is 3. The highest BCUT2D eigenvalue weighted by Crippen LogP contribution is 2.25. The van der Waals surface area contributed by atoms with E-state index in [0.29, 0.717) is 37.4 Å². The molecular weight excluding hydrogens is 306 g/mol. The summed E-state index contributed by atoms with van der Waals surface area (Å²) in [6.45, 7) is 0.580. The number of carboxylic acid groups (broad SMARTS) is 1. The van der Waals surface area contributed by atoms with Crippen LogP contribution in [-0.2, 0) is 11.3 Å². The molecule has 0 saturated heterocycles. The number of carbonyl (C=O) groups is 2. The summed E-state index contributed by atoms with van der Waals surface area (Å²) >= 11 is 1.51. The largest absolute Gasteiger partial charge is 0.481 e. The van der Waals surface area contributed by atoms with Gasteiger partial charge in [0.1, 0.15) is 5.56 Å². The van der Waals surface area contributed by atoms with Crippen molar-refractivity contribution in [2.24, 2.45) is 5.92 Å². The van der Waals surface area contributed by atoms with Crippen LogP contribution in [0.3, 0.4) is 0 Å². The maximum Gasteiger partial charge on any atom is 0.306 e. The Morgan fingerprint density at radius 1 is 1.32 bits per heavy atom. The lowest BCUT2D eigenvalue weighted by molar-refractivity contribution is -0.142. The van der Waals surface area contributed by atoms with E-state index >= 15 is 0 Å². The number of hydrogen-bond donors (Lipinski definition) is 2. The Labute approximate surface area is 131 Å². The van der Waals surface area contributed by atoms with Crippen molar-refractivity contribution < 1.29 is 14.7 Å². The van der Waals surface area contributed by atoms with Crippen molar-refractivity contribution in [1.29, 1.82) is 0 Å². The summed E-state index contributed by atoms with van der Waals surface area (Å²) in [6.07, 6.45) is 3.69. The van der Waals surface area contributed by atoms with Crippen LogP contribution in [0, 0.1) is 5.92 Å². The maximum atomic E-state index is 12.3. The van der Waals surface area contributed by atoms with Gasteiger partial charge in [-0.2, -0.15) is 0 Å². The number of carbonyl (C=O) groups excluding carboxylic acids is 1. The third kappa shape index (κ3) is 2.87. The van der Waals surface area contributed by atoms with Crippen molar-refractivity contribution >= 4 is 23.6 Å². The normalized spacial score (nSPS) is 23.8. The van der Waals surface area contributed by atoms with Gasteiger partial charge in [-0.15, -0.1) is 0 Å². The number of nitrogens with one attached hydrogen (secondary N) is 1. The van der Waals surface area contributed by atoms with Crippen molar-refractivity contribution in [2.45, 2.75) is 43.4 Å². The molecule has 0 atom stereocenters. The van der Waals surface area contributed by atoms with Gasteiger partial charge < -0.3 is 10.4 Å². The number of aliphatic carboxylic acids is 1. The van der Waals surface area contributed by atoms with Crippen LogP contribution >= 0.6 is 11.8 Å². The minimum atomic E-state index is -0.775. The fraction of sp³-hybridized carbons (Fsp3) is 0.571. The van der Waals surface area contributed by atoms with E-state index in [0.717, 1.165) is 5.75 Å². The van der Waals surface area contributed by atoms with E-state index < -0.39 is 11.9 Å². The Kier molecular flexibility index (Phi) is 4.19.